The van der Waals surface area contributed by atoms with Gasteiger partial charge in [0.25, 0.3) is 0 Å². The number of amides is 2. The van der Waals surface area contributed by atoms with E-state index in [1.165, 1.54) is 41.3 Å². The average Bonchev–Trinajstić information content (AvgIpc) is 3.51. The molecule has 11 heteroatoms. The molecule has 2 aliphatic heterocycles. The molecule has 2 amide bonds. The summed E-state index contributed by atoms with van der Waals surface area (Å²) in [6.45, 7) is 13.1. The third-order valence-corrected chi connectivity index (χ3v) is 5.55. The topological polar surface area (TPSA) is 109 Å². The Balaban J connectivity index is 0.000000661. The molecule has 2 heterocycles. The zero-order chi connectivity index (χ0) is 30.8. The number of likely N-dealkylation sites (tertiary alicyclic amines) is 2. The van der Waals surface area contributed by atoms with Gasteiger partial charge in [0, 0.05) is 26.1 Å². The number of halogens is 2. The van der Waals surface area contributed by atoms with E-state index in [9.17, 15) is 23.5 Å². The monoisotopic (exact) mass is 612 g/mol. The lowest BCUT2D eigenvalue weighted by Crippen LogP contribution is -2.36. The summed E-state index contributed by atoms with van der Waals surface area (Å²) in [5, 5.41) is 17.8. The third kappa shape index (κ3) is 16.0. The van der Waals surface area contributed by atoms with Crippen molar-refractivity contribution < 1.29 is 42.8 Å². The number of ether oxygens (including phenoxy) is 3. The van der Waals surface area contributed by atoms with Crippen molar-refractivity contribution >= 4 is 12.2 Å². The Morgan fingerprint density at radius 2 is 1.16 bits per heavy atom. The number of carbonyl (C=O) groups is 2. The normalized spacial score (nSPS) is 17.6. The SMILES string of the molecule is C.C.CC(C)(C)OC(=O)N1CC[C@@H](O)C1.CC(C)(C)OC(=O)N1CC[C@H](Oc2ccc(F)cc2)C1.Oc1ccc(F)cc1. The first-order valence-electron chi connectivity index (χ1n) is 13.5. The van der Waals surface area contributed by atoms with Gasteiger partial charge in [0.15, 0.2) is 0 Å². The molecule has 0 saturated carbocycles. The van der Waals surface area contributed by atoms with Crippen LogP contribution in [0.15, 0.2) is 48.5 Å². The molecule has 43 heavy (non-hydrogen) atoms. The number of carbonyl (C=O) groups excluding carboxylic acids is 2. The van der Waals surface area contributed by atoms with E-state index in [1.54, 1.807) is 17.0 Å². The summed E-state index contributed by atoms with van der Waals surface area (Å²) in [6, 6.07) is 10.9. The molecule has 2 atom stereocenters. The van der Waals surface area contributed by atoms with E-state index in [1.807, 2.05) is 41.5 Å². The van der Waals surface area contributed by atoms with Crippen LogP contribution in [0.25, 0.3) is 0 Å². The number of nitrogens with zero attached hydrogens (tertiary/aromatic N) is 2. The molecule has 2 aromatic carbocycles. The Morgan fingerprint density at radius 3 is 1.56 bits per heavy atom. The second-order valence-corrected chi connectivity index (χ2v) is 11.8. The molecule has 0 unspecified atom stereocenters. The fourth-order valence-electron chi connectivity index (χ4n) is 3.70. The van der Waals surface area contributed by atoms with Crippen molar-refractivity contribution in [3.05, 3.63) is 60.2 Å². The Kier molecular flexibility index (Phi) is 16.0. The third-order valence-electron chi connectivity index (χ3n) is 5.55. The second kappa shape index (κ2) is 17.5. The molecular formula is C32H50F2N2O7. The van der Waals surface area contributed by atoms with E-state index in [0.717, 1.165) is 6.42 Å². The first-order chi connectivity index (χ1) is 19.0. The number of phenols is 1. The van der Waals surface area contributed by atoms with Crippen molar-refractivity contribution in [1.29, 1.82) is 0 Å². The Hall–Kier alpha value is -3.60. The van der Waals surface area contributed by atoms with Gasteiger partial charge in [-0.1, -0.05) is 14.9 Å². The second-order valence-electron chi connectivity index (χ2n) is 11.8. The fourth-order valence-corrected chi connectivity index (χ4v) is 3.70. The molecule has 9 nitrogen and oxygen atoms in total. The number of β-amino-alcohol motifs (C(OH)–C–C–N with tert-alkyl or cyclic N) is 1. The molecule has 0 aromatic heterocycles. The van der Waals surface area contributed by atoms with Crippen LogP contribution in [-0.4, -0.2) is 81.8 Å². The number of hydrogen-bond acceptors (Lipinski definition) is 7. The Bertz CT molecular complexity index is 1080. The first kappa shape index (κ1) is 39.4. The van der Waals surface area contributed by atoms with Crippen LogP contribution in [0.2, 0.25) is 0 Å². The van der Waals surface area contributed by atoms with Crippen molar-refractivity contribution in [2.24, 2.45) is 0 Å². The van der Waals surface area contributed by atoms with E-state index < -0.39 is 11.2 Å². The summed E-state index contributed by atoms with van der Waals surface area (Å²) in [7, 11) is 0. The molecule has 4 rings (SSSR count). The minimum Gasteiger partial charge on any atom is -0.508 e. The maximum atomic E-state index is 12.8. The number of aliphatic hydroxyl groups excluding tert-OH is 1. The molecular weight excluding hydrogens is 562 g/mol. The van der Waals surface area contributed by atoms with Crippen molar-refractivity contribution in [2.75, 3.05) is 26.2 Å². The van der Waals surface area contributed by atoms with Gasteiger partial charge in [-0.05, 0) is 96.5 Å². The lowest BCUT2D eigenvalue weighted by atomic mass is 10.2. The van der Waals surface area contributed by atoms with Crippen LogP contribution in [0, 0.1) is 11.6 Å². The number of aromatic hydroxyl groups is 1. The van der Waals surface area contributed by atoms with Crippen molar-refractivity contribution in [1.82, 2.24) is 9.80 Å². The molecule has 244 valence electrons. The first-order valence-corrected chi connectivity index (χ1v) is 13.5. The molecule has 2 N–H and O–H groups in total. The minimum absolute atomic E-state index is 0. The van der Waals surface area contributed by atoms with Crippen molar-refractivity contribution in [3.8, 4) is 11.5 Å². The van der Waals surface area contributed by atoms with Gasteiger partial charge in [0.05, 0.1) is 12.6 Å². The Labute approximate surface area is 255 Å². The molecule has 2 saturated heterocycles. The highest BCUT2D eigenvalue weighted by atomic mass is 19.1. The molecule has 0 aliphatic carbocycles. The van der Waals surface area contributed by atoms with E-state index in [4.69, 9.17) is 19.3 Å². The molecule has 0 bridgehead atoms. The fraction of sp³-hybridized carbons (Fsp3) is 0.562. The van der Waals surface area contributed by atoms with Crippen molar-refractivity contribution in [3.63, 3.8) is 0 Å². The maximum absolute atomic E-state index is 12.8. The van der Waals surface area contributed by atoms with Crippen LogP contribution in [0.3, 0.4) is 0 Å². The highest BCUT2D eigenvalue weighted by molar-refractivity contribution is 5.69. The van der Waals surface area contributed by atoms with Gasteiger partial charge >= 0.3 is 12.2 Å². The molecule has 0 spiro atoms. The zero-order valence-electron chi connectivity index (χ0n) is 24.6. The van der Waals surface area contributed by atoms with Crippen LogP contribution >= 0.6 is 0 Å². The number of phenolic OH excluding ortho intramolecular Hbond substituents is 1. The lowest BCUT2D eigenvalue weighted by Gasteiger charge is -2.24. The molecule has 0 radical (unpaired) electrons. The molecule has 2 aromatic rings. The number of rotatable bonds is 2. The van der Waals surface area contributed by atoms with Gasteiger partial charge in [0.2, 0.25) is 0 Å². The van der Waals surface area contributed by atoms with Crippen LogP contribution in [0.5, 0.6) is 11.5 Å². The van der Waals surface area contributed by atoms with Gasteiger partial charge in [0.1, 0.15) is 40.4 Å². The smallest absolute Gasteiger partial charge is 0.410 e. The predicted octanol–water partition coefficient (Wildman–Crippen LogP) is 7.01. The summed E-state index contributed by atoms with van der Waals surface area (Å²) >= 11 is 0. The summed E-state index contributed by atoms with van der Waals surface area (Å²) < 4.78 is 41.0. The molecule has 2 aliphatic rings. The van der Waals surface area contributed by atoms with Crippen molar-refractivity contribution in [2.45, 2.75) is 92.6 Å². The predicted molar refractivity (Wildman–Crippen MR) is 163 cm³/mol. The lowest BCUT2D eigenvalue weighted by molar-refractivity contribution is 0.0263. The highest BCUT2D eigenvalue weighted by Crippen LogP contribution is 2.21. The molecule has 2 fully saturated rings. The van der Waals surface area contributed by atoms with Gasteiger partial charge < -0.3 is 34.2 Å². The number of benzene rings is 2. The maximum Gasteiger partial charge on any atom is 0.410 e. The highest BCUT2D eigenvalue weighted by Gasteiger charge is 2.31. The van der Waals surface area contributed by atoms with Crippen LogP contribution < -0.4 is 4.74 Å². The van der Waals surface area contributed by atoms with Crippen LogP contribution in [-0.2, 0) is 9.47 Å². The summed E-state index contributed by atoms with van der Waals surface area (Å²) in [4.78, 5) is 26.5. The average molecular weight is 613 g/mol. The van der Waals surface area contributed by atoms with Gasteiger partial charge in [-0.15, -0.1) is 0 Å². The summed E-state index contributed by atoms with van der Waals surface area (Å²) in [5.74, 6) is 0.0794. The summed E-state index contributed by atoms with van der Waals surface area (Å²) in [6.07, 6.45) is 0.294. The van der Waals surface area contributed by atoms with E-state index in [2.05, 4.69) is 0 Å². The standard InChI is InChI=1S/C15H20FNO3.C9H17NO3.C6H5FO.2CH4/c1-15(2,3)20-14(18)17-9-8-13(10-17)19-12-6-4-11(16)5-7-12;1-9(2,3)13-8(12)10-5-4-7(11)6-10;7-5-1-3-6(8)4-2-5;;/h4-7,13H,8-10H2,1-3H3;7,11H,4-6H2,1-3H3;1-4,8H;2*1H4/t13-;7-;;;/m01.../s1. The number of hydrogen-bond donors (Lipinski definition) is 2. The van der Waals surface area contributed by atoms with Gasteiger partial charge in [-0.25, -0.2) is 18.4 Å². The van der Waals surface area contributed by atoms with E-state index in [-0.39, 0.29) is 56.6 Å². The van der Waals surface area contributed by atoms with Gasteiger partial charge in [-0.3, -0.25) is 0 Å². The number of aliphatic hydroxyl groups is 1. The minimum atomic E-state index is -0.493. The zero-order valence-corrected chi connectivity index (χ0v) is 24.6. The van der Waals surface area contributed by atoms with E-state index >= 15 is 0 Å². The van der Waals surface area contributed by atoms with Gasteiger partial charge in [-0.2, -0.15) is 0 Å². The summed E-state index contributed by atoms with van der Waals surface area (Å²) in [5.41, 5.74) is -0.947. The van der Waals surface area contributed by atoms with E-state index in [0.29, 0.717) is 38.3 Å². The quantitative estimate of drug-likeness (QED) is 0.376. The Morgan fingerprint density at radius 1 is 0.744 bits per heavy atom. The largest absolute Gasteiger partial charge is 0.508 e. The van der Waals surface area contributed by atoms with Crippen LogP contribution in [0.4, 0.5) is 18.4 Å². The van der Waals surface area contributed by atoms with Crippen LogP contribution in [0.1, 0.15) is 69.2 Å².